The Kier molecular flexibility index (Phi) is 4.15. The number of nitrogens with zero attached hydrogens (tertiary/aromatic N) is 3. The summed E-state index contributed by atoms with van der Waals surface area (Å²) in [5, 5.41) is 0. The highest BCUT2D eigenvalue weighted by atomic mass is 15.2. The summed E-state index contributed by atoms with van der Waals surface area (Å²) >= 11 is 0. The van der Waals surface area contributed by atoms with Gasteiger partial charge < -0.3 is 10.6 Å². The zero-order chi connectivity index (χ0) is 14.7. The molecule has 0 spiro atoms. The quantitative estimate of drug-likeness (QED) is 0.879. The lowest BCUT2D eigenvalue weighted by Crippen LogP contribution is -2.17. The third kappa shape index (κ3) is 2.76. The van der Waals surface area contributed by atoms with Crippen molar-refractivity contribution in [3.05, 3.63) is 47.4 Å². The first-order chi connectivity index (χ1) is 10.3. The molecule has 2 N–H and O–H groups in total. The smallest absolute Gasteiger partial charge is 0.139 e. The highest BCUT2D eigenvalue weighted by Gasteiger charge is 2.18. The average molecular weight is 282 g/mol. The Hall–Kier alpha value is -1.94. The maximum absolute atomic E-state index is 5.87. The second kappa shape index (κ2) is 6.22. The van der Waals surface area contributed by atoms with Gasteiger partial charge in [0.25, 0.3) is 0 Å². The topological polar surface area (TPSA) is 55.0 Å². The van der Waals surface area contributed by atoms with Crippen molar-refractivity contribution in [2.24, 2.45) is 5.73 Å². The van der Waals surface area contributed by atoms with Crippen molar-refractivity contribution in [1.29, 1.82) is 0 Å². The van der Waals surface area contributed by atoms with Gasteiger partial charge in [-0.1, -0.05) is 24.6 Å². The molecular weight excluding hydrogens is 260 g/mol. The second-order valence-electron chi connectivity index (χ2n) is 5.58. The Morgan fingerprint density at radius 3 is 2.76 bits per heavy atom. The van der Waals surface area contributed by atoms with Gasteiger partial charge in [0.2, 0.25) is 0 Å². The van der Waals surface area contributed by atoms with Gasteiger partial charge in [-0.15, -0.1) is 0 Å². The van der Waals surface area contributed by atoms with E-state index < -0.39 is 0 Å². The fourth-order valence-corrected chi connectivity index (χ4v) is 3.09. The Morgan fingerprint density at radius 2 is 1.90 bits per heavy atom. The lowest BCUT2D eigenvalue weighted by Gasteiger charge is -2.24. The summed E-state index contributed by atoms with van der Waals surface area (Å²) in [6, 6.07) is 8.25. The Bertz CT molecular complexity index is 624. The van der Waals surface area contributed by atoms with Gasteiger partial charge in [-0.25, -0.2) is 9.97 Å². The van der Waals surface area contributed by atoms with Gasteiger partial charge in [0.15, 0.2) is 0 Å². The molecule has 0 unspecified atom stereocenters. The van der Waals surface area contributed by atoms with Crippen LogP contribution in [0.2, 0.25) is 0 Å². The third-order valence-electron chi connectivity index (χ3n) is 4.24. The molecule has 0 radical (unpaired) electrons. The van der Waals surface area contributed by atoms with Gasteiger partial charge in [-0.3, -0.25) is 0 Å². The maximum Gasteiger partial charge on any atom is 0.139 e. The summed E-state index contributed by atoms with van der Waals surface area (Å²) in [6.45, 7) is 0.536. The molecule has 0 aliphatic heterocycles. The van der Waals surface area contributed by atoms with Crippen LogP contribution in [0.5, 0.6) is 0 Å². The number of hydrogen-bond donors (Lipinski definition) is 1. The molecule has 3 rings (SSSR count). The summed E-state index contributed by atoms with van der Waals surface area (Å²) in [7, 11) is 2.07. The van der Waals surface area contributed by atoms with Gasteiger partial charge >= 0.3 is 0 Å². The predicted octanol–water partition coefficient (Wildman–Crippen LogP) is 2.97. The summed E-state index contributed by atoms with van der Waals surface area (Å²) in [5.74, 6) is 1.03. The number of anilines is 2. The van der Waals surface area contributed by atoms with E-state index in [1.807, 2.05) is 12.1 Å². The van der Waals surface area contributed by atoms with Crippen molar-refractivity contribution in [3.8, 4) is 0 Å². The minimum Gasteiger partial charge on any atom is -0.329 e. The van der Waals surface area contributed by atoms with Crippen LogP contribution in [0.3, 0.4) is 0 Å². The largest absolute Gasteiger partial charge is 0.329 e. The monoisotopic (exact) mass is 282 g/mol. The molecule has 2 aromatic rings. The number of para-hydroxylation sites is 1. The minimum absolute atomic E-state index is 0.536. The first-order valence-corrected chi connectivity index (χ1v) is 7.65. The van der Waals surface area contributed by atoms with E-state index in [1.54, 1.807) is 6.33 Å². The molecule has 0 saturated heterocycles. The molecule has 0 fully saturated rings. The molecule has 4 nitrogen and oxygen atoms in total. The van der Waals surface area contributed by atoms with Crippen LogP contribution in [0.25, 0.3) is 0 Å². The second-order valence-corrected chi connectivity index (χ2v) is 5.58. The van der Waals surface area contributed by atoms with Gasteiger partial charge in [-0.2, -0.15) is 0 Å². The molecule has 1 aromatic heterocycles. The molecule has 0 atom stereocenters. The van der Waals surface area contributed by atoms with Crippen LogP contribution in [0.1, 0.15) is 36.1 Å². The van der Waals surface area contributed by atoms with Crippen molar-refractivity contribution in [2.45, 2.75) is 38.6 Å². The van der Waals surface area contributed by atoms with Crippen LogP contribution < -0.4 is 10.6 Å². The van der Waals surface area contributed by atoms with E-state index in [1.165, 1.54) is 30.5 Å². The Labute approximate surface area is 126 Å². The minimum atomic E-state index is 0.536. The van der Waals surface area contributed by atoms with E-state index in [9.17, 15) is 0 Å². The lowest BCUT2D eigenvalue weighted by atomic mass is 10.1. The van der Waals surface area contributed by atoms with Crippen LogP contribution in [-0.4, -0.2) is 17.0 Å². The first-order valence-electron chi connectivity index (χ1n) is 7.65. The Balaban J connectivity index is 2.04. The van der Waals surface area contributed by atoms with E-state index in [0.29, 0.717) is 6.54 Å². The average Bonchev–Trinajstić information content (AvgIpc) is 2.79. The van der Waals surface area contributed by atoms with Crippen molar-refractivity contribution >= 4 is 11.5 Å². The molecule has 110 valence electrons. The number of rotatable bonds is 3. The fraction of sp³-hybridized carbons (Fsp3) is 0.412. The molecule has 1 aromatic carbocycles. The van der Waals surface area contributed by atoms with Crippen LogP contribution in [0, 0.1) is 0 Å². The number of fused-ring (bicyclic) bond motifs is 1. The van der Waals surface area contributed by atoms with Gasteiger partial charge in [0.05, 0.1) is 0 Å². The maximum atomic E-state index is 5.87. The lowest BCUT2D eigenvalue weighted by molar-refractivity contribution is 0.708. The molecule has 21 heavy (non-hydrogen) atoms. The van der Waals surface area contributed by atoms with E-state index in [4.69, 9.17) is 5.73 Å². The van der Waals surface area contributed by atoms with E-state index in [2.05, 4.69) is 34.0 Å². The summed E-state index contributed by atoms with van der Waals surface area (Å²) in [5.41, 5.74) is 10.7. The van der Waals surface area contributed by atoms with Gasteiger partial charge in [0, 0.05) is 30.5 Å². The van der Waals surface area contributed by atoms with Gasteiger partial charge in [0.1, 0.15) is 12.1 Å². The first kappa shape index (κ1) is 14.0. The fourth-order valence-electron chi connectivity index (χ4n) is 3.09. The zero-order valence-electron chi connectivity index (χ0n) is 12.5. The van der Waals surface area contributed by atoms with Crippen LogP contribution in [0.4, 0.5) is 11.5 Å². The van der Waals surface area contributed by atoms with Crippen molar-refractivity contribution in [1.82, 2.24) is 9.97 Å². The summed E-state index contributed by atoms with van der Waals surface area (Å²) in [6.07, 6.45) is 7.56. The zero-order valence-corrected chi connectivity index (χ0v) is 12.5. The molecule has 0 bridgehead atoms. The number of benzene rings is 1. The van der Waals surface area contributed by atoms with Crippen molar-refractivity contribution in [3.63, 3.8) is 0 Å². The van der Waals surface area contributed by atoms with Crippen LogP contribution in [0.15, 0.2) is 30.6 Å². The number of aromatic nitrogens is 2. The number of aryl methyl sites for hydroxylation is 1. The predicted molar refractivity (Wildman–Crippen MR) is 85.7 cm³/mol. The third-order valence-corrected chi connectivity index (χ3v) is 4.24. The molecule has 0 saturated carbocycles. The number of hydrogen-bond acceptors (Lipinski definition) is 4. The standard InChI is InChI=1S/C17H22N4/c1-21(16-10-6-5-7-13(16)11-18)17-14-8-3-2-4-9-15(14)19-12-20-17/h5-7,10,12H,2-4,8-9,11,18H2,1H3. The highest BCUT2D eigenvalue weighted by Crippen LogP contribution is 2.31. The highest BCUT2D eigenvalue weighted by molar-refractivity contribution is 5.66. The normalized spacial score (nSPS) is 14.4. The molecule has 1 heterocycles. The number of nitrogens with two attached hydrogens (primary N) is 1. The van der Waals surface area contributed by atoms with E-state index >= 15 is 0 Å². The SMILES string of the molecule is CN(c1ccccc1CN)c1ncnc2c1CCCCC2. The summed E-state index contributed by atoms with van der Waals surface area (Å²) in [4.78, 5) is 11.2. The molecule has 1 aliphatic carbocycles. The van der Waals surface area contributed by atoms with Crippen molar-refractivity contribution in [2.75, 3.05) is 11.9 Å². The van der Waals surface area contributed by atoms with Crippen LogP contribution in [-0.2, 0) is 19.4 Å². The molecular formula is C17H22N4. The van der Waals surface area contributed by atoms with E-state index in [0.717, 1.165) is 29.9 Å². The van der Waals surface area contributed by atoms with E-state index in [-0.39, 0.29) is 0 Å². The Morgan fingerprint density at radius 1 is 1.10 bits per heavy atom. The summed E-state index contributed by atoms with van der Waals surface area (Å²) < 4.78 is 0. The molecule has 4 heteroatoms. The van der Waals surface area contributed by atoms with Crippen molar-refractivity contribution < 1.29 is 0 Å². The molecule has 1 aliphatic rings. The van der Waals surface area contributed by atoms with Crippen LogP contribution >= 0.6 is 0 Å². The molecule has 0 amide bonds. The van der Waals surface area contributed by atoms with Gasteiger partial charge in [-0.05, 0) is 37.3 Å².